The van der Waals surface area contributed by atoms with E-state index in [4.69, 9.17) is 5.11 Å². The Labute approximate surface area is 134 Å². The van der Waals surface area contributed by atoms with E-state index in [0.717, 1.165) is 10.6 Å². The summed E-state index contributed by atoms with van der Waals surface area (Å²) in [5.41, 5.74) is 1.23. The second kappa shape index (κ2) is 7.58. The molecule has 0 fully saturated rings. The molecule has 2 rings (SSSR count). The third-order valence-corrected chi connectivity index (χ3v) is 4.94. The molecule has 0 saturated carbocycles. The number of thioether (sulfide) groups is 1. The SMILES string of the molecule is CSCCC(NC(=O)c1csc(-c2ccsc2)n1)C(=O)O. The van der Waals surface area contributed by atoms with Gasteiger partial charge in [0.15, 0.2) is 0 Å². The molecule has 2 N–H and O–H groups in total. The van der Waals surface area contributed by atoms with Gasteiger partial charge in [0.1, 0.15) is 16.7 Å². The van der Waals surface area contributed by atoms with Gasteiger partial charge in [0.05, 0.1) is 0 Å². The Hall–Kier alpha value is -1.38. The van der Waals surface area contributed by atoms with Gasteiger partial charge in [-0.3, -0.25) is 4.79 Å². The van der Waals surface area contributed by atoms with E-state index < -0.39 is 17.9 Å². The van der Waals surface area contributed by atoms with E-state index in [2.05, 4.69) is 10.3 Å². The van der Waals surface area contributed by atoms with Crippen LogP contribution in [0.5, 0.6) is 0 Å². The first-order valence-electron chi connectivity index (χ1n) is 6.12. The number of hydrogen-bond acceptors (Lipinski definition) is 6. The fourth-order valence-corrected chi connectivity index (χ4v) is 3.61. The van der Waals surface area contributed by atoms with Crippen LogP contribution in [0.15, 0.2) is 22.2 Å². The van der Waals surface area contributed by atoms with Gasteiger partial charge in [-0.15, -0.1) is 11.3 Å². The van der Waals surface area contributed by atoms with E-state index in [-0.39, 0.29) is 5.69 Å². The van der Waals surface area contributed by atoms with Gasteiger partial charge in [0.25, 0.3) is 5.91 Å². The van der Waals surface area contributed by atoms with Gasteiger partial charge in [-0.25, -0.2) is 9.78 Å². The number of aliphatic carboxylic acids is 1. The van der Waals surface area contributed by atoms with Crippen molar-refractivity contribution in [2.45, 2.75) is 12.5 Å². The Morgan fingerprint density at radius 1 is 1.48 bits per heavy atom. The molecule has 0 bridgehead atoms. The van der Waals surface area contributed by atoms with Crippen LogP contribution in [0, 0.1) is 0 Å². The van der Waals surface area contributed by atoms with Crippen LogP contribution in [0.3, 0.4) is 0 Å². The van der Waals surface area contributed by atoms with Gasteiger partial charge in [0, 0.05) is 16.3 Å². The molecule has 0 aliphatic carbocycles. The van der Waals surface area contributed by atoms with Gasteiger partial charge in [-0.2, -0.15) is 23.1 Å². The Balaban J connectivity index is 2.04. The van der Waals surface area contributed by atoms with Gasteiger partial charge < -0.3 is 10.4 Å². The van der Waals surface area contributed by atoms with Crippen molar-refractivity contribution in [3.8, 4) is 10.6 Å². The number of thiazole rings is 1. The summed E-state index contributed by atoms with van der Waals surface area (Å²) in [6.07, 6.45) is 2.29. The van der Waals surface area contributed by atoms with Crippen LogP contribution in [0.2, 0.25) is 0 Å². The molecule has 0 spiro atoms. The number of carboxylic acids is 1. The van der Waals surface area contributed by atoms with Crippen LogP contribution in [0.25, 0.3) is 10.6 Å². The highest BCUT2D eigenvalue weighted by molar-refractivity contribution is 7.98. The lowest BCUT2D eigenvalue weighted by Gasteiger charge is -2.12. The van der Waals surface area contributed by atoms with Crippen molar-refractivity contribution in [3.05, 3.63) is 27.9 Å². The van der Waals surface area contributed by atoms with Crippen molar-refractivity contribution >= 4 is 46.3 Å². The number of aromatic nitrogens is 1. The molecule has 2 aromatic heterocycles. The molecule has 8 heteroatoms. The molecule has 1 unspecified atom stereocenters. The minimum atomic E-state index is -1.02. The summed E-state index contributed by atoms with van der Waals surface area (Å²) < 4.78 is 0. The zero-order valence-corrected chi connectivity index (χ0v) is 13.7. The maximum absolute atomic E-state index is 12.1. The van der Waals surface area contributed by atoms with Crippen LogP contribution in [-0.2, 0) is 4.79 Å². The second-order valence-electron chi connectivity index (χ2n) is 4.20. The quantitative estimate of drug-likeness (QED) is 0.809. The van der Waals surface area contributed by atoms with Crippen LogP contribution in [0.1, 0.15) is 16.9 Å². The molecule has 21 heavy (non-hydrogen) atoms. The number of hydrogen-bond donors (Lipinski definition) is 2. The van der Waals surface area contributed by atoms with Gasteiger partial charge in [0.2, 0.25) is 0 Å². The number of carbonyl (C=O) groups excluding carboxylic acids is 1. The lowest BCUT2D eigenvalue weighted by atomic mass is 10.2. The third-order valence-electron chi connectivity index (χ3n) is 2.72. The van der Waals surface area contributed by atoms with E-state index in [1.54, 1.807) is 28.5 Å². The highest BCUT2D eigenvalue weighted by atomic mass is 32.2. The van der Waals surface area contributed by atoms with E-state index in [1.807, 2.05) is 23.1 Å². The van der Waals surface area contributed by atoms with Crippen molar-refractivity contribution in [1.82, 2.24) is 10.3 Å². The first kappa shape index (κ1) is 16.0. The molecule has 0 radical (unpaired) electrons. The monoisotopic (exact) mass is 342 g/mol. The largest absolute Gasteiger partial charge is 0.480 e. The van der Waals surface area contributed by atoms with E-state index in [0.29, 0.717) is 12.2 Å². The smallest absolute Gasteiger partial charge is 0.326 e. The average molecular weight is 342 g/mol. The minimum absolute atomic E-state index is 0.261. The number of rotatable bonds is 7. The Morgan fingerprint density at radius 3 is 2.90 bits per heavy atom. The summed E-state index contributed by atoms with van der Waals surface area (Å²) in [6, 6.07) is 1.06. The van der Waals surface area contributed by atoms with Crippen molar-refractivity contribution in [2.24, 2.45) is 0 Å². The Kier molecular flexibility index (Phi) is 5.77. The number of amides is 1. The van der Waals surface area contributed by atoms with E-state index in [1.165, 1.54) is 11.3 Å². The molecule has 2 heterocycles. The predicted octanol–water partition coefficient (Wildman–Crippen LogP) is 2.81. The summed E-state index contributed by atoms with van der Waals surface area (Å²) in [5, 5.41) is 17.9. The number of carboxylic acid groups (broad SMARTS) is 1. The maximum atomic E-state index is 12.1. The third kappa shape index (κ3) is 4.29. The lowest BCUT2D eigenvalue weighted by molar-refractivity contribution is -0.139. The summed E-state index contributed by atoms with van der Waals surface area (Å²) in [4.78, 5) is 27.5. The van der Waals surface area contributed by atoms with Crippen molar-refractivity contribution in [1.29, 1.82) is 0 Å². The minimum Gasteiger partial charge on any atom is -0.480 e. The second-order valence-corrected chi connectivity index (χ2v) is 6.82. The standard InChI is InChI=1S/C13H14N2O3S3/c1-19-4-3-9(13(17)18)14-11(16)10-7-21-12(15-10)8-2-5-20-6-8/h2,5-7,9H,3-4H2,1H3,(H,14,16)(H,17,18). The van der Waals surface area contributed by atoms with Crippen LogP contribution in [0.4, 0.5) is 0 Å². The summed E-state index contributed by atoms with van der Waals surface area (Å²) in [5.74, 6) is -0.791. The van der Waals surface area contributed by atoms with Crippen LogP contribution < -0.4 is 5.32 Å². The molecular weight excluding hydrogens is 328 g/mol. The normalized spacial score (nSPS) is 12.0. The number of carbonyl (C=O) groups is 2. The van der Waals surface area contributed by atoms with Crippen molar-refractivity contribution in [2.75, 3.05) is 12.0 Å². The molecule has 0 aromatic carbocycles. The first-order chi connectivity index (χ1) is 10.1. The molecule has 112 valence electrons. The van der Waals surface area contributed by atoms with Gasteiger partial charge >= 0.3 is 5.97 Å². The highest BCUT2D eigenvalue weighted by Gasteiger charge is 2.21. The van der Waals surface area contributed by atoms with E-state index in [9.17, 15) is 9.59 Å². The van der Waals surface area contributed by atoms with Crippen molar-refractivity contribution in [3.63, 3.8) is 0 Å². The zero-order chi connectivity index (χ0) is 15.2. The fourth-order valence-electron chi connectivity index (χ4n) is 1.62. The summed E-state index contributed by atoms with van der Waals surface area (Å²) >= 11 is 4.48. The topological polar surface area (TPSA) is 79.3 Å². The molecule has 0 saturated heterocycles. The summed E-state index contributed by atoms with van der Waals surface area (Å²) in [6.45, 7) is 0. The number of thiophene rings is 1. The Morgan fingerprint density at radius 2 is 2.29 bits per heavy atom. The molecule has 0 aliphatic rings. The van der Waals surface area contributed by atoms with Crippen LogP contribution in [-0.4, -0.2) is 40.0 Å². The number of nitrogens with one attached hydrogen (secondary N) is 1. The molecule has 2 aromatic rings. The molecule has 1 atom stereocenters. The fraction of sp³-hybridized carbons (Fsp3) is 0.308. The lowest BCUT2D eigenvalue weighted by Crippen LogP contribution is -2.41. The highest BCUT2D eigenvalue weighted by Crippen LogP contribution is 2.25. The average Bonchev–Trinajstić information content (AvgIpc) is 3.12. The molecule has 5 nitrogen and oxygen atoms in total. The van der Waals surface area contributed by atoms with Crippen LogP contribution >= 0.6 is 34.4 Å². The Bertz CT molecular complexity index is 610. The first-order valence-corrected chi connectivity index (χ1v) is 9.34. The molecule has 1 amide bonds. The van der Waals surface area contributed by atoms with Gasteiger partial charge in [-0.1, -0.05) is 0 Å². The summed E-state index contributed by atoms with van der Waals surface area (Å²) in [7, 11) is 0. The molecule has 0 aliphatic heterocycles. The molecular formula is C13H14N2O3S3. The maximum Gasteiger partial charge on any atom is 0.326 e. The van der Waals surface area contributed by atoms with Crippen molar-refractivity contribution < 1.29 is 14.7 Å². The van der Waals surface area contributed by atoms with E-state index >= 15 is 0 Å². The number of nitrogens with zero attached hydrogens (tertiary/aromatic N) is 1. The predicted molar refractivity (Wildman–Crippen MR) is 87.3 cm³/mol. The van der Waals surface area contributed by atoms with Gasteiger partial charge in [-0.05, 0) is 29.9 Å². The zero-order valence-electron chi connectivity index (χ0n) is 11.2.